The van der Waals surface area contributed by atoms with Crippen LogP contribution in [0.15, 0.2) is 36.0 Å². The summed E-state index contributed by atoms with van der Waals surface area (Å²) in [5.41, 5.74) is 0.755. The number of alkyl halides is 3. The molecular weight excluding hydrogens is 300 g/mol. The number of hydrogen-bond donors (Lipinski definition) is 0. The number of anilines is 1. The first kappa shape index (κ1) is 16.3. The molecule has 0 N–H and O–H groups in total. The van der Waals surface area contributed by atoms with Gasteiger partial charge in [-0.2, -0.15) is 13.2 Å². The first-order valence-electron chi connectivity index (χ1n) is 6.83. The SMILES string of the molecule is C/C(=C/C(=O)C(F)(F)F)N1CCN(c2ccccc2F)CC1. The maximum absolute atomic E-state index is 13.7. The number of carbonyl (C=O) groups excluding carboxylic acids is 1. The van der Waals surface area contributed by atoms with Crippen molar-refractivity contribution in [3.8, 4) is 0 Å². The fourth-order valence-corrected chi connectivity index (χ4v) is 2.37. The number of hydrogen-bond acceptors (Lipinski definition) is 3. The second-order valence-corrected chi connectivity index (χ2v) is 5.07. The maximum atomic E-state index is 13.7. The zero-order valence-corrected chi connectivity index (χ0v) is 12.0. The largest absolute Gasteiger partial charge is 0.454 e. The van der Waals surface area contributed by atoms with E-state index >= 15 is 0 Å². The van der Waals surface area contributed by atoms with E-state index in [1.165, 1.54) is 13.0 Å². The van der Waals surface area contributed by atoms with Crippen molar-refractivity contribution < 1.29 is 22.4 Å². The van der Waals surface area contributed by atoms with Gasteiger partial charge in [0.1, 0.15) is 5.82 Å². The van der Waals surface area contributed by atoms with Crippen LogP contribution in [-0.2, 0) is 4.79 Å². The molecule has 0 bridgehead atoms. The van der Waals surface area contributed by atoms with E-state index < -0.39 is 12.0 Å². The quantitative estimate of drug-likeness (QED) is 0.633. The van der Waals surface area contributed by atoms with Crippen LogP contribution in [0.5, 0.6) is 0 Å². The monoisotopic (exact) mass is 316 g/mol. The van der Waals surface area contributed by atoms with Gasteiger partial charge < -0.3 is 9.80 Å². The molecule has 0 aromatic heterocycles. The molecule has 0 saturated carbocycles. The topological polar surface area (TPSA) is 23.6 Å². The molecule has 0 atom stereocenters. The summed E-state index contributed by atoms with van der Waals surface area (Å²) in [4.78, 5) is 14.5. The molecule has 1 heterocycles. The average molecular weight is 316 g/mol. The highest BCUT2D eigenvalue weighted by molar-refractivity contribution is 5.94. The Labute approximate surface area is 125 Å². The summed E-state index contributed by atoms with van der Waals surface area (Å²) in [5, 5.41) is 0. The predicted octanol–water partition coefficient (Wildman–Crippen LogP) is 2.98. The smallest absolute Gasteiger partial charge is 0.371 e. The van der Waals surface area contributed by atoms with Crippen LogP contribution in [0.4, 0.5) is 23.2 Å². The van der Waals surface area contributed by atoms with Crippen molar-refractivity contribution in [1.29, 1.82) is 0 Å². The molecule has 2 rings (SSSR count). The lowest BCUT2D eigenvalue weighted by Crippen LogP contribution is -2.46. The third-order valence-corrected chi connectivity index (χ3v) is 3.59. The molecule has 1 aromatic carbocycles. The average Bonchev–Trinajstić information content (AvgIpc) is 2.47. The van der Waals surface area contributed by atoms with Gasteiger partial charge in [0.2, 0.25) is 0 Å². The summed E-state index contributed by atoms with van der Waals surface area (Å²) in [6, 6.07) is 6.37. The van der Waals surface area contributed by atoms with Gasteiger partial charge in [0, 0.05) is 38.0 Å². The van der Waals surface area contributed by atoms with Crippen molar-refractivity contribution in [1.82, 2.24) is 4.90 Å². The number of allylic oxidation sites excluding steroid dienone is 2. The number of rotatable bonds is 3. The highest BCUT2D eigenvalue weighted by Crippen LogP contribution is 2.22. The van der Waals surface area contributed by atoms with Crippen LogP contribution in [-0.4, -0.2) is 43.0 Å². The molecule has 1 aliphatic heterocycles. The third kappa shape index (κ3) is 3.78. The van der Waals surface area contributed by atoms with Gasteiger partial charge in [-0.3, -0.25) is 4.79 Å². The Hall–Kier alpha value is -2.05. The van der Waals surface area contributed by atoms with Crippen molar-refractivity contribution >= 4 is 11.5 Å². The minimum Gasteiger partial charge on any atom is -0.371 e. The van der Waals surface area contributed by atoms with Crippen LogP contribution < -0.4 is 4.90 Å². The number of piperazine rings is 1. The highest BCUT2D eigenvalue weighted by atomic mass is 19.4. The van der Waals surface area contributed by atoms with Crippen LogP contribution >= 0.6 is 0 Å². The zero-order valence-electron chi connectivity index (χ0n) is 12.0. The molecule has 120 valence electrons. The van der Waals surface area contributed by atoms with E-state index in [0.717, 1.165) is 0 Å². The normalized spacial score (nSPS) is 16.9. The fraction of sp³-hybridized carbons (Fsp3) is 0.400. The Morgan fingerprint density at radius 2 is 1.73 bits per heavy atom. The molecule has 22 heavy (non-hydrogen) atoms. The van der Waals surface area contributed by atoms with Gasteiger partial charge in [0.05, 0.1) is 5.69 Å². The van der Waals surface area contributed by atoms with Crippen LogP contribution in [0, 0.1) is 5.82 Å². The zero-order chi connectivity index (χ0) is 16.3. The second-order valence-electron chi connectivity index (χ2n) is 5.07. The number of para-hydroxylation sites is 1. The molecule has 0 amide bonds. The first-order chi connectivity index (χ1) is 10.3. The molecule has 0 unspecified atom stereocenters. The Morgan fingerprint density at radius 3 is 2.27 bits per heavy atom. The molecular formula is C15H16F4N2O. The molecule has 0 aliphatic carbocycles. The van der Waals surface area contributed by atoms with Crippen molar-refractivity contribution in [3.05, 3.63) is 41.9 Å². The Bertz CT molecular complexity index is 575. The van der Waals surface area contributed by atoms with Gasteiger partial charge in [-0.15, -0.1) is 0 Å². The first-order valence-corrected chi connectivity index (χ1v) is 6.83. The van der Waals surface area contributed by atoms with Gasteiger partial charge >= 0.3 is 6.18 Å². The molecule has 1 aromatic rings. The second kappa shape index (κ2) is 6.37. The minimum atomic E-state index is -4.85. The number of halogens is 4. The number of nitrogens with zero attached hydrogens (tertiary/aromatic N) is 2. The molecule has 0 spiro atoms. The lowest BCUT2D eigenvalue weighted by atomic mass is 10.2. The number of ketones is 1. The van der Waals surface area contributed by atoms with E-state index in [1.54, 1.807) is 23.1 Å². The highest BCUT2D eigenvalue weighted by Gasteiger charge is 2.37. The van der Waals surface area contributed by atoms with Crippen molar-refractivity contribution in [3.63, 3.8) is 0 Å². The summed E-state index contributed by atoms with van der Waals surface area (Å²) in [5.74, 6) is -2.18. The van der Waals surface area contributed by atoms with E-state index in [2.05, 4.69) is 0 Å². The Morgan fingerprint density at radius 1 is 1.14 bits per heavy atom. The van der Waals surface area contributed by atoms with E-state index in [0.29, 0.717) is 37.9 Å². The van der Waals surface area contributed by atoms with Crippen molar-refractivity contribution in [2.24, 2.45) is 0 Å². The molecule has 0 radical (unpaired) electrons. The van der Waals surface area contributed by atoms with Gasteiger partial charge in [0.25, 0.3) is 5.78 Å². The van der Waals surface area contributed by atoms with Crippen LogP contribution in [0.25, 0.3) is 0 Å². The minimum absolute atomic E-state index is 0.274. The van der Waals surface area contributed by atoms with Gasteiger partial charge in [-0.25, -0.2) is 4.39 Å². The Balaban J connectivity index is 1.99. The number of carbonyl (C=O) groups is 1. The lowest BCUT2D eigenvalue weighted by molar-refractivity contribution is -0.165. The summed E-state index contributed by atoms with van der Waals surface area (Å²) in [6.45, 7) is 3.30. The summed E-state index contributed by atoms with van der Waals surface area (Å²) >= 11 is 0. The molecule has 1 fully saturated rings. The molecule has 1 saturated heterocycles. The lowest BCUT2D eigenvalue weighted by Gasteiger charge is -2.37. The van der Waals surface area contributed by atoms with Gasteiger partial charge in [-0.05, 0) is 19.1 Å². The van der Waals surface area contributed by atoms with Crippen LogP contribution in [0.3, 0.4) is 0 Å². The molecule has 1 aliphatic rings. The van der Waals surface area contributed by atoms with Gasteiger partial charge in [0.15, 0.2) is 0 Å². The summed E-state index contributed by atoms with van der Waals surface area (Å²) in [6.07, 6.45) is -4.24. The molecule has 7 heteroatoms. The van der Waals surface area contributed by atoms with E-state index in [4.69, 9.17) is 0 Å². The van der Waals surface area contributed by atoms with Crippen molar-refractivity contribution in [2.45, 2.75) is 13.1 Å². The Kier molecular flexibility index (Phi) is 4.73. The predicted molar refractivity (Wildman–Crippen MR) is 75.0 cm³/mol. The van der Waals surface area contributed by atoms with Crippen LogP contribution in [0.2, 0.25) is 0 Å². The molecule has 3 nitrogen and oxygen atoms in total. The summed E-state index contributed by atoms with van der Waals surface area (Å²) < 4.78 is 50.4. The van der Waals surface area contributed by atoms with Gasteiger partial charge in [-0.1, -0.05) is 12.1 Å². The van der Waals surface area contributed by atoms with E-state index in [-0.39, 0.29) is 11.5 Å². The van der Waals surface area contributed by atoms with E-state index in [1.807, 2.05) is 4.90 Å². The number of benzene rings is 1. The standard InChI is InChI=1S/C15H16F4N2O/c1-11(10-14(22)15(17,18)19)20-6-8-21(9-7-20)13-5-3-2-4-12(13)16/h2-5,10H,6-9H2,1H3/b11-10-. The maximum Gasteiger partial charge on any atom is 0.454 e. The summed E-state index contributed by atoms with van der Waals surface area (Å²) in [7, 11) is 0. The fourth-order valence-electron chi connectivity index (χ4n) is 2.37. The van der Waals surface area contributed by atoms with Crippen molar-refractivity contribution in [2.75, 3.05) is 31.1 Å². The van der Waals surface area contributed by atoms with E-state index in [9.17, 15) is 22.4 Å². The van der Waals surface area contributed by atoms with Crippen LogP contribution in [0.1, 0.15) is 6.92 Å². The third-order valence-electron chi connectivity index (χ3n) is 3.59.